The molecule has 176 valence electrons. The van der Waals surface area contributed by atoms with Crippen LogP contribution in [0.1, 0.15) is 66.2 Å². The van der Waals surface area contributed by atoms with Crippen LogP contribution in [-0.2, 0) is 6.54 Å². The van der Waals surface area contributed by atoms with Gasteiger partial charge in [0.2, 0.25) is 5.75 Å². The highest BCUT2D eigenvalue weighted by atomic mass is 16.5. The second-order valence-corrected chi connectivity index (χ2v) is 8.44. The molecule has 0 spiro atoms. The maximum Gasteiger partial charge on any atom is 0.297 e. The van der Waals surface area contributed by atoms with E-state index in [1.165, 1.54) is 11.1 Å². The molecule has 2 aromatic rings. The molecule has 0 bridgehead atoms. The van der Waals surface area contributed by atoms with E-state index in [0.717, 1.165) is 49.4 Å². The number of allylic oxidation sites excluding steroid dienone is 3. The quantitative estimate of drug-likeness (QED) is 0.257. The van der Waals surface area contributed by atoms with E-state index in [9.17, 15) is 4.79 Å². The number of hydrogen-bond donors (Lipinski definition) is 0. The zero-order valence-corrected chi connectivity index (χ0v) is 20.6. The van der Waals surface area contributed by atoms with Crippen LogP contribution < -0.4 is 19.8 Å². The summed E-state index contributed by atoms with van der Waals surface area (Å²) in [6.45, 7) is 9.47. The van der Waals surface area contributed by atoms with Gasteiger partial charge in [-0.05, 0) is 58.2 Å². The molecule has 32 heavy (non-hydrogen) atoms. The summed E-state index contributed by atoms with van der Waals surface area (Å²) >= 11 is 0. The van der Waals surface area contributed by atoms with Crippen LogP contribution in [0.25, 0.3) is 10.9 Å². The van der Waals surface area contributed by atoms with Gasteiger partial charge in [0.05, 0.1) is 19.7 Å². The minimum Gasteiger partial charge on any atom is -0.497 e. The average Bonchev–Trinajstić information content (AvgIpc) is 2.77. The van der Waals surface area contributed by atoms with E-state index >= 15 is 0 Å². The molecule has 0 fully saturated rings. The summed E-state index contributed by atoms with van der Waals surface area (Å²) in [5.41, 5.74) is 3.22. The number of ether oxygens (including phenoxy) is 3. The van der Waals surface area contributed by atoms with E-state index in [0.29, 0.717) is 24.7 Å². The SMILES string of the molecule is CCCCCCn1c(=O)c(OC/C=C(\C)CCC=C(C)C)c(OC)c2ccc(OC)cc21. The molecule has 0 amide bonds. The van der Waals surface area contributed by atoms with Crippen LogP contribution in [0, 0.1) is 0 Å². The smallest absolute Gasteiger partial charge is 0.297 e. The van der Waals surface area contributed by atoms with Crippen molar-refractivity contribution in [2.24, 2.45) is 0 Å². The van der Waals surface area contributed by atoms with E-state index in [4.69, 9.17) is 14.2 Å². The van der Waals surface area contributed by atoms with E-state index in [-0.39, 0.29) is 11.3 Å². The van der Waals surface area contributed by atoms with Crippen molar-refractivity contribution in [3.63, 3.8) is 0 Å². The van der Waals surface area contributed by atoms with Crippen LogP contribution in [0.2, 0.25) is 0 Å². The molecule has 0 aliphatic carbocycles. The maximum atomic E-state index is 13.4. The molecular weight excluding hydrogens is 402 g/mol. The lowest BCUT2D eigenvalue weighted by molar-refractivity contribution is 0.320. The zero-order valence-electron chi connectivity index (χ0n) is 20.6. The standard InChI is InChI=1S/C27H39NO4/c1-7-8-9-10-17-28-24-19-22(30-5)14-15-23(24)25(31-6)26(27(28)29)32-18-16-21(4)13-11-12-20(2)3/h12,14-16,19H,7-11,13,17-18H2,1-6H3/b21-16+. The summed E-state index contributed by atoms with van der Waals surface area (Å²) < 4.78 is 18.9. The lowest BCUT2D eigenvalue weighted by Gasteiger charge is -2.18. The highest BCUT2D eigenvalue weighted by Gasteiger charge is 2.19. The Morgan fingerprint density at radius 3 is 2.44 bits per heavy atom. The Bertz CT molecular complexity index is 997. The minimum atomic E-state index is -0.158. The molecule has 0 unspecified atom stereocenters. The number of aryl methyl sites for hydroxylation is 1. The second kappa shape index (κ2) is 13.0. The van der Waals surface area contributed by atoms with Crippen molar-refractivity contribution in [1.29, 1.82) is 0 Å². The molecule has 5 heteroatoms. The second-order valence-electron chi connectivity index (χ2n) is 8.44. The van der Waals surface area contributed by atoms with Crippen molar-refractivity contribution in [2.75, 3.05) is 20.8 Å². The summed E-state index contributed by atoms with van der Waals surface area (Å²) in [7, 11) is 3.21. The first kappa shape index (κ1) is 25.6. The monoisotopic (exact) mass is 441 g/mol. The molecule has 1 heterocycles. The van der Waals surface area contributed by atoms with Gasteiger partial charge in [0, 0.05) is 18.0 Å². The van der Waals surface area contributed by atoms with Crippen LogP contribution >= 0.6 is 0 Å². The van der Waals surface area contributed by atoms with Gasteiger partial charge in [0.1, 0.15) is 12.4 Å². The number of nitrogens with zero attached hydrogens (tertiary/aromatic N) is 1. The van der Waals surface area contributed by atoms with Crippen LogP contribution in [0.5, 0.6) is 17.2 Å². The van der Waals surface area contributed by atoms with Crippen molar-refractivity contribution in [3.8, 4) is 17.2 Å². The summed E-state index contributed by atoms with van der Waals surface area (Å²) in [6, 6.07) is 5.71. The minimum absolute atomic E-state index is 0.158. The van der Waals surface area contributed by atoms with Crippen LogP contribution in [0.4, 0.5) is 0 Å². The summed E-state index contributed by atoms with van der Waals surface area (Å²) in [6.07, 6.45) is 10.6. The van der Waals surface area contributed by atoms with Crippen molar-refractivity contribution in [2.45, 2.75) is 72.8 Å². The van der Waals surface area contributed by atoms with Gasteiger partial charge in [0.25, 0.3) is 5.56 Å². The normalized spacial score (nSPS) is 11.5. The van der Waals surface area contributed by atoms with Crippen molar-refractivity contribution in [1.82, 2.24) is 4.57 Å². The van der Waals surface area contributed by atoms with Crippen LogP contribution in [0.3, 0.4) is 0 Å². The predicted molar refractivity (Wildman–Crippen MR) is 133 cm³/mol. The number of benzene rings is 1. The molecule has 2 rings (SSSR count). The molecular formula is C27H39NO4. The van der Waals surface area contributed by atoms with Crippen LogP contribution in [0.15, 0.2) is 46.3 Å². The molecule has 0 radical (unpaired) electrons. The van der Waals surface area contributed by atoms with Gasteiger partial charge in [-0.25, -0.2) is 0 Å². The Hall–Kier alpha value is -2.69. The van der Waals surface area contributed by atoms with E-state index < -0.39 is 0 Å². The number of hydrogen-bond acceptors (Lipinski definition) is 4. The number of pyridine rings is 1. The molecule has 0 saturated heterocycles. The topological polar surface area (TPSA) is 49.7 Å². The highest BCUT2D eigenvalue weighted by Crippen LogP contribution is 2.34. The van der Waals surface area contributed by atoms with Gasteiger partial charge < -0.3 is 18.8 Å². The van der Waals surface area contributed by atoms with E-state index in [1.54, 1.807) is 18.8 Å². The first-order chi connectivity index (χ1) is 15.4. The van der Waals surface area contributed by atoms with Gasteiger partial charge >= 0.3 is 0 Å². The Labute approximate surface area is 192 Å². The fourth-order valence-corrected chi connectivity index (χ4v) is 3.71. The molecule has 0 atom stereocenters. The van der Waals surface area contributed by atoms with Crippen molar-refractivity contribution in [3.05, 3.63) is 51.9 Å². The fraction of sp³-hybridized carbons (Fsp3) is 0.519. The Morgan fingerprint density at radius 2 is 1.78 bits per heavy atom. The molecule has 5 nitrogen and oxygen atoms in total. The Balaban J connectivity index is 2.37. The summed E-state index contributed by atoms with van der Waals surface area (Å²) in [4.78, 5) is 13.4. The van der Waals surface area contributed by atoms with Gasteiger partial charge in [-0.1, -0.05) is 43.4 Å². The van der Waals surface area contributed by atoms with Crippen LogP contribution in [-0.4, -0.2) is 25.4 Å². The van der Waals surface area contributed by atoms with E-state index in [1.807, 2.05) is 24.3 Å². The number of fused-ring (bicyclic) bond motifs is 1. The Morgan fingerprint density at radius 1 is 1.00 bits per heavy atom. The van der Waals surface area contributed by atoms with Gasteiger partial charge in [0.15, 0.2) is 5.75 Å². The maximum absolute atomic E-state index is 13.4. The lowest BCUT2D eigenvalue weighted by atomic mass is 10.1. The predicted octanol–water partition coefficient (Wildman–Crippen LogP) is 6.67. The number of aromatic nitrogens is 1. The number of methoxy groups -OCH3 is 2. The summed E-state index contributed by atoms with van der Waals surface area (Å²) in [5.74, 6) is 1.46. The zero-order chi connectivity index (χ0) is 23.5. The lowest BCUT2D eigenvalue weighted by Crippen LogP contribution is -2.24. The van der Waals surface area contributed by atoms with Gasteiger partial charge in [-0.2, -0.15) is 0 Å². The highest BCUT2D eigenvalue weighted by molar-refractivity contribution is 5.89. The van der Waals surface area contributed by atoms with E-state index in [2.05, 4.69) is 33.8 Å². The Kier molecular flexibility index (Phi) is 10.4. The summed E-state index contributed by atoms with van der Waals surface area (Å²) in [5, 5.41) is 0.850. The molecule has 0 aliphatic heterocycles. The third kappa shape index (κ3) is 6.91. The molecule has 1 aromatic carbocycles. The molecule has 0 aliphatic rings. The molecule has 0 N–H and O–H groups in total. The van der Waals surface area contributed by atoms with Gasteiger partial charge in [-0.3, -0.25) is 4.79 Å². The molecule has 1 aromatic heterocycles. The third-order valence-corrected chi connectivity index (χ3v) is 5.58. The fourth-order valence-electron chi connectivity index (χ4n) is 3.71. The average molecular weight is 442 g/mol. The molecule has 0 saturated carbocycles. The first-order valence-electron chi connectivity index (χ1n) is 11.6. The number of rotatable bonds is 13. The number of unbranched alkanes of at least 4 members (excludes halogenated alkanes) is 3. The largest absolute Gasteiger partial charge is 0.497 e. The van der Waals surface area contributed by atoms with Gasteiger partial charge in [-0.15, -0.1) is 0 Å². The third-order valence-electron chi connectivity index (χ3n) is 5.58. The van der Waals surface area contributed by atoms with Crippen molar-refractivity contribution >= 4 is 10.9 Å². The first-order valence-corrected chi connectivity index (χ1v) is 11.6. The van der Waals surface area contributed by atoms with Crippen molar-refractivity contribution < 1.29 is 14.2 Å².